The summed E-state index contributed by atoms with van der Waals surface area (Å²) < 4.78 is 22.9. The third kappa shape index (κ3) is 4.70. The van der Waals surface area contributed by atoms with E-state index in [2.05, 4.69) is 5.32 Å². The molecule has 1 amide bonds. The summed E-state index contributed by atoms with van der Waals surface area (Å²) in [7, 11) is -3.24. The summed E-state index contributed by atoms with van der Waals surface area (Å²) in [5.74, 6) is -0.311. The Hall–Kier alpha value is -1.56. The number of nitrogens with one attached hydrogen (secondary N) is 1. The second kappa shape index (κ2) is 6.91. The minimum absolute atomic E-state index is 0.237. The molecule has 0 aliphatic rings. The first-order valence-corrected chi connectivity index (χ1v) is 9.38. The molecule has 1 N–H and O–H groups in total. The number of amides is 1. The predicted molar refractivity (Wildman–Crippen MR) is 91.9 cm³/mol. The first-order chi connectivity index (χ1) is 10.7. The number of benzene rings is 2. The first-order valence-electron chi connectivity index (χ1n) is 6.74. The Morgan fingerprint density at radius 1 is 1.04 bits per heavy atom. The Bertz CT molecular complexity index is 813. The van der Waals surface area contributed by atoms with Gasteiger partial charge in [-0.05, 0) is 42.8 Å². The summed E-state index contributed by atoms with van der Waals surface area (Å²) in [6, 6.07) is 10.7. The monoisotopic (exact) mass is 371 g/mol. The van der Waals surface area contributed by atoms with E-state index in [1.54, 1.807) is 25.1 Å². The molecule has 23 heavy (non-hydrogen) atoms. The molecule has 4 nitrogen and oxygen atoms in total. The van der Waals surface area contributed by atoms with Gasteiger partial charge in [0.15, 0.2) is 9.84 Å². The van der Waals surface area contributed by atoms with Crippen molar-refractivity contribution in [1.82, 2.24) is 5.32 Å². The van der Waals surface area contributed by atoms with Gasteiger partial charge in [-0.1, -0.05) is 35.3 Å². The van der Waals surface area contributed by atoms with E-state index >= 15 is 0 Å². The van der Waals surface area contributed by atoms with Crippen LogP contribution < -0.4 is 5.32 Å². The predicted octanol–water partition coefficient (Wildman–Crippen LogP) is 3.89. The molecule has 1 unspecified atom stereocenters. The van der Waals surface area contributed by atoms with E-state index in [4.69, 9.17) is 23.2 Å². The van der Waals surface area contributed by atoms with Crippen LogP contribution in [0.4, 0.5) is 0 Å². The van der Waals surface area contributed by atoms with Crippen LogP contribution in [0.25, 0.3) is 0 Å². The lowest BCUT2D eigenvalue weighted by atomic mass is 10.1. The number of carbonyl (C=O) groups excluding carboxylic acids is 1. The quantitative estimate of drug-likeness (QED) is 0.886. The van der Waals surface area contributed by atoms with Gasteiger partial charge in [0.05, 0.1) is 10.9 Å². The Morgan fingerprint density at radius 2 is 1.57 bits per heavy atom. The molecule has 0 aliphatic heterocycles. The number of sulfone groups is 1. The van der Waals surface area contributed by atoms with Crippen molar-refractivity contribution < 1.29 is 13.2 Å². The zero-order chi connectivity index (χ0) is 17.2. The van der Waals surface area contributed by atoms with Gasteiger partial charge in [0.1, 0.15) is 0 Å². The van der Waals surface area contributed by atoms with E-state index in [1.165, 1.54) is 24.3 Å². The molecular weight excluding hydrogens is 357 g/mol. The molecule has 0 spiro atoms. The molecule has 0 heterocycles. The van der Waals surface area contributed by atoms with Gasteiger partial charge in [0.2, 0.25) is 0 Å². The van der Waals surface area contributed by atoms with Crippen LogP contribution >= 0.6 is 23.2 Å². The molecule has 0 aromatic heterocycles. The van der Waals surface area contributed by atoms with Crippen LogP contribution in [0.2, 0.25) is 10.0 Å². The number of hydrogen-bond acceptors (Lipinski definition) is 3. The molecule has 7 heteroatoms. The van der Waals surface area contributed by atoms with Gasteiger partial charge in [-0.3, -0.25) is 4.79 Å². The van der Waals surface area contributed by atoms with Crippen molar-refractivity contribution in [1.29, 1.82) is 0 Å². The summed E-state index contributed by atoms with van der Waals surface area (Å²) in [6.07, 6.45) is 1.15. The molecule has 0 saturated carbocycles. The van der Waals surface area contributed by atoms with E-state index in [1.807, 2.05) is 0 Å². The number of rotatable bonds is 4. The number of halogens is 2. The molecule has 1 atom stereocenters. The molecule has 2 aromatic rings. The maximum atomic E-state index is 12.2. The summed E-state index contributed by atoms with van der Waals surface area (Å²) in [5.41, 5.74) is 1.15. The second-order valence-corrected chi connectivity index (χ2v) is 8.08. The zero-order valence-electron chi connectivity index (χ0n) is 12.5. The van der Waals surface area contributed by atoms with Gasteiger partial charge >= 0.3 is 0 Å². The molecule has 0 radical (unpaired) electrons. The van der Waals surface area contributed by atoms with Gasteiger partial charge in [-0.2, -0.15) is 0 Å². The van der Waals surface area contributed by atoms with Crippen molar-refractivity contribution in [2.75, 3.05) is 6.26 Å². The topological polar surface area (TPSA) is 63.2 Å². The lowest BCUT2D eigenvalue weighted by Gasteiger charge is -2.15. The van der Waals surface area contributed by atoms with Crippen LogP contribution in [-0.2, 0) is 9.84 Å². The number of hydrogen-bond donors (Lipinski definition) is 1. The van der Waals surface area contributed by atoms with Crippen LogP contribution in [-0.4, -0.2) is 20.6 Å². The van der Waals surface area contributed by atoms with Gasteiger partial charge < -0.3 is 5.32 Å². The third-order valence-corrected chi connectivity index (χ3v) is 4.85. The van der Waals surface area contributed by atoms with Crippen LogP contribution in [0.15, 0.2) is 47.4 Å². The molecule has 0 bridgehead atoms. The maximum Gasteiger partial charge on any atom is 0.251 e. The van der Waals surface area contributed by atoms with Crippen LogP contribution in [0.1, 0.15) is 28.9 Å². The van der Waals surface area contributed by atoms with E-state index < -0.39 is 9.84 Å². The van der Waals surface area contributed by atoms with E-state index in [-0.39, 0.29) is 16.8 Å². The van der Waals surface area contributed by atoms with Gasteiger partial charge in [0.25, 0.3) is 5.91 Å². The average molecular weight is 372 g/mol. The highest BCUT2D eigenvalue weighted by atomic mass is 35.5. The van der Waals surface area contributed by atoms with Crippen molar-refractivity contribution in [3.8, 4) is 0 Å². The molecular formula is C16H15Cl2NO3S. The highest BCUT2D eigenvalue weighted by molar-refractivity contribution is 7.90. The lowest BCUT2D eigenvalue weighted by Crippen LogP contribution is -2.26. The third-order valence-electron chi connectivity index (χ3n) is 3.28. The normalized spacial score (nSPS) is 12.7. The minimum atomic E-state index is -3.24. The Labute approximate surface area is 145 Å². The van der Waals surface area contributed by atoms with Crippen molar-refractivity contribution >= 4 is 38.9 Å². The molecule has 0 saturated heterocycles. The molecule has 2 aromatic carbocycles. The van der Waals surface area contributed by atoms with Crippen LogP contribution in [0, 0.1) is 0 Å². The summed E-state index contributed by atoms with van der Waals surface area (Å²) in [6.45, 7) is 1.81. The number of carbonyl (C=O) groups is 1. The van der Waals surface area contributed by atoms with E-state index in [0.717, 1.165) is 11.8 Å². The zero-order valence-corrected chi connectivity index (χ0v) is 14.8. The van der Waals surface area contributed by atoms with Crippen molar-refractivity contribution in [3.05, 3.63) is 63.6 Å². The highest BCUT2D eigenvalue weighted by Gasteiger charge is 2.14. The van der Waals surface area contributed by atoms with Crippen molar-refractivity contribution in [2.45, 2.75) is 17.9 Å². The van der Waals surface area contributed by atoms with E-state index in [9.17, 15) is 13.2 Å². The molecule has 0 fully saturated rings. The van der Waals surface area contributed by atoms with Gasteiger partial charge in [0, 0.05) is 21.9 Å². The Kier molecular flexibility index (Phi) is 5.34. The lowest BCUT2D eigenvalue weighted by molar-refractivity contribution is 0.0940. The smallest absolute Gasteiger partial charge is 0.251 e. The van der Waals surface area contributed by atoms with Crippen molar-refractivity contribution in [2.24, 2.45) is 0 Å². The minimum Gasteiger partial charge on any atom is -0.346 e. The van der Waals surface area contributed by atoms with E-state index in [0.29, 0.717) is 15.6 Å². The van der Waals surface area contributed by atoms with Crippen molar-refractivity contribution in [3.63, 3.8) is 0 Å². The molecule has 2 rings (SSSR count). The average Bonchev–Trinajstić information content (AvgIpc) is 2.45. The largest absolute Gasteiger partial charge is 0.346 e. The Balaban J connectivity index is 2.15. The molecule has 0 aliphatic carbocycles. The maximum absolute atomic E-state index is 12.2. The molecule has 122 valence electrons. The Morgan fingerprint density at radius 3 is 2.04 bits per heavy atom. The first kappa shape index (κ1) is 17.8. The fourth-order valence-corrected chi connectivity index (χ4v) is 3.21. The second-order valence-electron chi connectivity index (χ2n) is 5.19. The van der Waals surface area contributed by atoms with Crippen LogP contribution in [0.3, 0.4) is 0 Å². The SMILES string of the molecule is CC(NC(=O)c1cc(Cl)cc(Cl)c1)c1ccc(S(C)(=O)=O)cc1. The van der Waals surface area contributed by atoms with Gasteiger partial charge in [-0.15, -0.1) is 0 Å². The summed E-state index contributed by atoms with van der Waals surface area (Å²) in [4.78, 5) is 12.5. The van der Waals surface area contributed by atoms with Crippen LogP contribution in [0.5, 0.6) is 0 Å². The fourth-order valence-electron chi connectivity index (χ4n) is 2.05. The van der Waals surface area contributed by atoms with Gasteiger partial charge in [-0.25, -0.2) is 8.42 Å². The summed E-state index contributed by atoms with van der Waals surface area (Å²) in [5, 5.41) is 3.58. The summed E-state index contributed by atoms with van der Waals surface area (Å²) >= 11 is 11.8. The fraction of sp³-hybridized carbons (Fsp3) is 0.188. The highest BCUT2D eigenvalue weighted by Crippen LogP contribution is 2.21. The standard InChI is InChI=1S/C16H15Cl2NO3S/c1-10(11-3-5-15(6-4-11)23(2,21)22)19-16(20)12-7-13(17)9-14(18)8-12/h3-10H,1-2H3,(H,19,20).